The van der Waals surface area contributed by atoms with Gasteiger partial charge in [-0.2, -0.15) is 0 Å². The molecule has 0 aliphatic carbocycles. The third-order valence-electron chi connectivity index (χ3n) is 3.58. The Morgan fingerprint density at radius 1 is 1.25 bits per heavy atom. The molecule has 0 saturated carbocycles. The minimum absolute atomic E-state index is 0.233. The average Bonchev–Trinajstić information content (AvgIpc) is 2.42. The summed E-state index contributed by atoms with van der Waals surface area (Å²) in [7, 11) is -3.12. The van der Waals surface area contributed by atoms with E-state index in [2.05, 4.69) is 10.3 Å². The van der Waals surface area contributed by atoms with Gasteiger partial charge in [-0.1, -0.05) is 25.1 Å². The van der Waals surface area contributed by atoms with Crippen LogP contribution in [0.3, 0.4) is 0 Å². The lowest BCUT2D eigenvalue weighted by molar-refractivity contribution is 0.515. The largest absolute Gasteiger partial charge is 0.309 e. The fourth-order valence-electron chi connectivity index (χ4n) is 2.39. The lowest BCUT2D eigenvalue weighted by Gasteiger charge is -2.25. The molecule has 0 spiro atoms. The zero-order valence-electron chi connectivity index (χ0n) is 12.0. The summed E-state index contributed by atoms with van der Waals surface area (Å²) in [5.74, 6) is 0. The van der Waals surface area contributed by atoms with E-state index in [1.165, 1.54) is 6.26 Å². The Morgan fingerprint density at radius 2 is 2.00 bits per heavy atom. The summed E-state index contributed by atoms with van der Waals surface area (Å²) in [4.78, 5) is 4.33. The Bertz CT molecular complexity index is 693. The van der Waals surface area contributed by atoms with Crippen molar-refractivity contribution in [2.75, 3.05) is 12.8 Å². The van der Waals surface area contributed by atoms with Gasteiger partial charge in [0.2, 0.25) is 0 Å². The summed E-state index contributed by atoms with van der Waals surface area (Å²) in [6.45, 7) is 4.43. The first-order valence-corrected chi connectivity index (χ1v) is 8.66. The van der Waals surface area contributed by atoms with Gasteiger partial charge in [-0.05, 0) is 31.2 Å². The second kappa shape index (κ2) is 5.89. The Labute approximate surface area is 120 Å². The second-order valence-corrected chi connectivity index (χ2v) is 7.39. The van der Waals surface area contributed by atoms with Crippen LogP contribution in [0, 0.1) is 0 Å². The molecule has 0 amide bonds. The van der Waals surface area contributed by atoms with Gasteiger partial charge in [0.1, 0.15) is 0 Å². The number of benzene rings is 1. The van der Waals surface area contributed by atoms with Gasteiger partial charge in [-0.25, -0.2) is 8.42 Å². The van der Waals surface area contributed by atoms with Gasteiger partial charge in [0, 0.05) is 23.9 Å². The molecule has 0 bridgehead atoms. The molecule has 2 unspecified atom stereocenters. The highest BCUT2D eigenvalue weighted by Gasteiger charge is 2.27. The first-order valence-electron chi connectivity index (χ1n) is 6.71. The standard InChI is InChI=1S/C15H20N2O2S/c1-4-16-15(11(2)20(3,18)19)13-7-5-9-14-12(13)8-6-10-17-14/h5-11,15-16H,4H2,1-3H3. The zero-order valence-corrected chi connectivity index (χ0v) is 12.8. The van der Waals surface area contributed by atoms with Gasteiger partial charge in [0.05, 0.1) is 10.8 Å². The first-order chi connectivity index (χ1) is 9.45. The van der Waals surface area contributed by atoms with Gasteiger partial charge >= 0.3 is 0 Å². The van der Waals surface area contributed by atoms with E-state index in [1.807, 2.05) is 37.3 Å². The molecule has 20 heavy (non-hydrogen) atoms. The van der Waals surface area contributed by atoms with Crippen LogP contribution < -0.4 is 5.32 Å². The van der Waals surface area contributed by atoms with E-state index in [0.29, 0.717) is 6.54 Å². The number of pyridine rings is 1. The van der Waals surface area contributed by atoms with Crippen molar-refractivity contribution >= 4 is 20.7 Å². The molecule has 1 N–H and O–H groups in total. The number of rotatable bonds is 5. The fraction of sp³-hybridized carbons (Fsp3) is 0.400. The summed E-state index contributed by atoms with van der Waals surface area (Å²) in [5, 5.41) is 3.79. The summed E-state index contributed by atoms with van der Waals surface area (Å²) >= 11 is 0. The summed E-state index contributed by atoms with van der Waals surface area (Å²) in [6.07, 6.45) is 3.03. The van der Waals surface area contributed by atoms with Crippen molar-refractivity contribution in [2.24, 2.45) is 0 Å². The fourth-order valence-corrected chi connectivity index (χ4v) is 3.13. The number of nitrogens with zero attached hydrogens (tertiary/aromatic N) is 1. The summed E-state index contributed by atoms with van der Waals surface area (Å²) in [6, 6.07) is 9.45. The minimum Gasteiger partial charge on any atom is -0.309 e. The molecule has 0 radical (unpaired) electrons. The highest BCUT2D eigenvalue weighted by molar-refractivity contribution is 7.91. The van der Waals surface area contributed by atoms with Crippen LogP contribution in [-0.4, -0.2) is 31.5 Å². The van der Waals surface area contributed by atoms with Gasteiger partial charge < -0.3 is 5.32 Å². The average molecular weight is 292 g/mol. The summed E-state index contributed by atoms with van der Waals surface area (Å²) < 4.78 is 23.8. The molecule has 1 aromatic carbocycles. The van der Waals surface area contributed by atoms with Gasteiger partial charge in [-0.3, -0.25) is 4.98 Å². The minimum atomic E-state index is -3.12. The molecule has 4 nitrogen and oxygen atoms in total. The predicted octanol–water partition coefficient (Wildman–Crippen LogP) is 2.32. The maximum Gasteiger partial charge on any atom is 0.151 e. The molecule has 2 aromatic rings. The first kappa shape index (κ1) is 14.9. The van der Waals surface area contributed by atoms with E-state index in [9.17, 15) is 8.42 Å². The predicted molar refractivity (Wildman–Crippen MR) is 82.5 cm³/mol. The quantitative estimate of drug-likeness (QED) is 0.919. The number of aromatic nitrogens is 1. The van der Waals surface area contributed by atoms with Crippen LogP contribution in [0.15, 0.2) is 36.5 Å². The van der Waals surface area contributed by atoms with Crippen molar-refractivity contribution in [1.82, 2.24) is 10.3 Å². The molecule has 1 aromatic heterocycles. The maximum atomic E-state index is 11.9. The molecule has 0 fully saturated rings. The number of nitrogens with one attached hydrogen (secondary N) is 1. The zero-order chi connectivity index (χ0) is 14.8. The Morgan fingerprint density at radius 3 is 2.65 bits per heavy atom. The molecule has 0 aliphatic rings. The molecule has 5 heteroatoms. The van der Waals surface area contributed by atoms with Crippen molar-refractivity contribution in [3.63, 3.8) is 0 Å². The number of sulfone groups is 1. The molecular formula is C15H20N2O2S. The molecule has 0 aliphatic heterocycles. The SMILES string of the molecule is CCNC(c1cccc2ncccc12)C(C)S(C)(=O)=O. The van der Waals surface area contributed by atoms with Crippen LogP contribution in [0.1, 0.15) is 25.5 Å². The van der Waals surface area contributed by atoms with E-state index in [-0.39, 0.29) is 6.04 Å². The highest BCUT2D eigenvalue weighted by atomic mass is 32.2. The van der Waals surface area contributed by atoms with Crippen molar-refractivity contribution in [1.29, 1.82) is 0 Å². The third kappa shape index (κ3) is 2.99. The molecule has 108 valence electrons. The Kier molecular flexibility index (Phi) is 4.40. The molecule has 2 atom stereocenters. The van der Waals surface area contributed by atoms with E-state index < -0.39 is 15.1 Å². The number of hydrogen-bond acceptors (Lipinski definition) is 4. The summed E-state index contributed by atoms with van der Waals surface area (Å²) in [5.41, 5.74) is 1.86. The van der Waals surface area contributed by atoms with E-state index in [0.717, 1.165) is 16.5 Å². The van der Waals surface area contributed by atoms with Crippen molar-refractivity contribution in [2.45, 2.75) is 25.1 Å². The van der Waals surface area contributed by atoms with Crippen LogP contribution in [0.4, 0.5) is 0 Å². The number of hydrogen-bond donors (Lipinski definition) is 1. The normalized spacial score (nSPS) is 15.2. The van der Waals surface area contributed by atoms with Crippen molar-refractivity contribution in [3.8, 4) is 0 Å². The molecule has 2 rings (SSSR count). The van der Waals surface area contributed by atoms with Gasteiger partial charge in [0.15, 0.2) is 9.84 Å². The van der Waals surface area contributed by atoms with Crippen molar-refractivity contribution in [3.05, 3.63) is 42.1 Å². The maximum absolute atomic E-state index is 11.9. The topological polar surface area (TPSA) is 59.1 Å². The van der Waals surface area contributed by atoms with Crippen LogP contribution in [-0.2, 0) is 9.84 Å². The lowest BCUT2D eigenvalue weighted by atomic mass is 9.99. The van der Waals surface area contributed by atoms with Gasteiger partial charge in [0.25, 0.3) is 0 Å². The van der Waals surface area contributed by atoms with Crippen LogP contribution in [0.2, 0.25) is 0 Å². The smallest absolute Gasteiger partial charge is 0.151 e. The van der Waals surface area contributed by atoms with E-state index in [4.69, 9.17) is 0 Å². The van der Waals surface area contributed by atoms with E-state index >= 15 is 0 Å². The molecule has 1 heterocycles. The molecular weight excluding hydrogens is 272 g/mol. The monoisotopic (exact) mass is 292 g/mol. The van der Waals surface area contributed by atoms with Gasteiger partial charge in [-0.15, -0.1) is 0 Å². The Balaban J connectivity index is 2.58. The van der Waals surface area contributed by atoms with Crippen LogP contribution in [0.25, 0.3) is 10.9 Å². The number of fused-ring (bicyclic) bond motifs is 1. The van der Waals surface area contributed by atoms with Crippen molar-refractivity contribution < 1.29 is 8.42 Å². The van der Waals surface area contributed by atoms with E-state index in [1.54, 1.807) is 13.1 Å². The highest BCUT2D eigenvalue weighted by Crippen LogP contribution is 2.27. The second-order valence-electron chi connectivity index (χ2n) is 4.99. The molecule has 0 saturated heterocycles. The van der Waals surface area contributed by atoms with Crippen LogP contribution >= 0.6 is 0 Å². The van der Waals surface area contributed by atoms with Crippen LogP contribution in [0.5, 0.6) is 0 Å². The third-order valence-corrected chi connectivity index (χ3v) is 5.21. The Hall–Kier alpha value is -1.46. The lowest BCUT2D eigenvalue weighted by Crippen LogP contribution is -2.35.